The number of hydrogen-bond acceptors (Lipinski definition) is 5. The molecular formula is C20H23FN2O4S. The van der Waals surface area contributed by atoms with Crippen LogP contribution in [0.5, 0.6) is 11.5 Å². The minimum Gasteiger partial charge on any atom is -0.490 e. The molecule has 0 aliphatic carbocycles. The van der Waals surface area contributed by atoms with Gasteiger partial charge in [0.15, 0.2) is 16.6 Å². The van der Waals surface area contributed by atoms with E-state index in [1.807, 2.05) is 20.8 Å². The Morgan fingerprint density at radius 2 is 1.75 bits per heavy atom. The predicted octanol–water partition coefficient (Wildman–Crippen LogP) is 4.53. The van der Waals surface area contributed by atoms with Gasteiger partial charge < -0.3 is 24.8 Å². The van der Waals surface area contributed by atoms with E-state index in [0.717, 1.165) is 5.56 Å². The molecule has 0 unspecified atom stereocenters. The molecule has 0 bridgehead atoms. The van der Waals surface area contributed by atoms with Gasteiger partial charge >= 0.3 is 5.97 Å². The molecule has 2 aromatic carbocycles. The van der Waals surface area contributed by atoms with E-state index in [0.29, 0.717) is 30.4 Å². The van der Waals surface area contributed by atoms with Gasteiger partial charge in [-0.15, -0.1) is 0 Å². The van der Waals surface area contributed by atoms with Gasteiger partial charge in [-0.05, 0) is 62.8 Å². The minimum absolute atomic E-state index is 0.134. The number of aryl methyl sites for hydroxylation is 1. The summed E-state index contributed by atoms with van der Waals surface area (Å²) in [6.45, 7) is 6.25. The van der Waals surface area contributed by atoms with E-state index in [-0.39, 0.29) is 16.4 Å². The Morgan fingerprint density at radius 3 is 2.39 bits per heavy atom. The standard InChI is InChI=1S/C20H23FN2O4S/c1-5-26-17-11-13(19(24)25-4)10-16(18(17)27-6-2)23-20(28)22-15-9-12(3)7-8-14(15)21/h7-11H,5-6H2,1-4H3,(H2,22,23,28). The lowest BCUT2D eigenvalue weighted by molar-refractivity contribution is 0.0600. The topological polar surface area (TPSA) is 68.8 Å². The second kappa shape index (κ2) is 9.89. The van der Waals surface area contributed by atoms with E-state index in [9.17, 15) is 9.18 Å². The molecule has 0 saturated heterocycles. The molecule has 0 aliphatic rings. The number of thiocarbonyl (C=S) groups is 1. The normalized spacial score (nSPS) is 10.2. The summed E-state index contributed by atoms with van der Waals surface area (Å²) >= 11 is 5.31. The quantitative estimate of drug-likeness (QED) is 0.517. The van der Waals surface area contributed by atoms with E-state index in [4.69, 9.17) is 26.4 Å². The Bertz CT molecular complexity index is 874. The van der Waals surface area contributed by atoms with Gasteiger partial charge in [0.05, 0.1) is 37.3 Å². The lowest BCUT2D eigenvalue weighted by Crippen LogP contribution is -2.21. The van der Waals surface area contributed by atoms with Crippen LogP contribution in [0.25, 0.3) is 0 Å². The third-order valence-corrected chi connectivity index (χ3v) is 3.89. The molecule has 0 saturated carbocycles. The smallest absolute Gasteiger partial charge is 0.338 e. The van der Waals surface area contributed by atoms with Gasteiger partial charge in [0.1, 0.15) is 5.82 Å². The average molecular weight is 406 g/mol. The number of benzene rings is 2. The molecule has 2 N–H and O–H groups in total. The number of hydrogen-bond donors (Lipinski definition) is 2. The maximum atomic E-state index is 14.0. The first-order chi connectivity index (χ1) is 13.4. The summed E-state index contributed by atoms with van der Waals surface area (Å²) in [4.78, 5) is 12.0. The molecule has 0 atom stereocenters. The largest absolute Gasteiger partial charge is 0.490 e. The fourth-order valence-corrected chi connectivity index (χ4v) is 2.72. The monoisotopic (exact) mass is 406 g/mol. The number of esters is 1. The SMILES string of the molecule is CCOc1cc(C(=O)OC)cc(NC(=S)Nc2cc(C)ccc2F)c1OCC. The van der Waals surface area contributed by atoms with Crippen LogP contribution < -0.4 is 20.1 Å². The van der Waals surface area contributed by atoms with Crippen molar-refractivity contribution >= 4 is 34.7 Å². The first-order valence-electron chi connectivity index (χ1n) is 8.75. The Balaban J connectivity index is 2.37. The summed E-state index contributed by atoms with van der Waals surface area (Å²) < 4.78 is 30.1. The van der Waals surface area contributed by atoms with E-state index >= 15 is 0 Å². The zero-order chi connectivity index (χ0) is 20.7. The first kappa shape index (κ1) is 21.4. The van der Waals surface area contributed by atoms with Crippen molar-refractivity contribution in [1.29, 1.82) is 0 Å². The van der Waals surface area contributed by atoms with E-state index < -0.39 is 11.8 Å². The Kier molecular flexibility index (Phi) is 7.57. The molecule has 0 amide bonds. The number of ether oxygens (including phenoxy) is 3. The van der Waals surface area contributed by atoms with Crippen LogP contribution in [-0.4, -0.2) is 31.4 Å². The first-order valence-corrected chi connectivity index (χ1v) is 9.16. The van der Waals surface area contributed by atoms with Crippen molar-refractivity contribution in [3.05, 3.63) is 47.3 Å². The molecule has 28 heavy (non-hydrogen) atoms. The minimum atomic E-state index is -0.532. The van der Waals surface area contributed by atoms with E-state index in [1.54, 1.807) is 24.3 Å². The van der Waals surface area contributed by atoms with Gasteiger partial charge in [0, 0.05) is 0 Å². The highest BCUT2D eigenvalue weighted by molar-refractivity contribution is 7.80. The van der Waals surface area contributed by atoms with Crippen molar-refractivity contribution < 1.29 is 23.4 Å². The maximum absolute atomic E-state index is 14.0. The molecule has 2 aromatic rings. The van der Waals surface area contributed by atoms with Crippen LogP contribution >= 0.6 is 12.2 Å². The molecule has 0 radical (unpaired) electrons. The summed E-state index contributed by atoms with van der Waals surface area (Å²) in [5.41, 5.74) is 1.79. The third kappa shape index (κ3) is 5.32. The highest BCUT2D eigenvalue weighted by Crippen LogP contribution is 2.37. The van der Waals surface area contributed by atoms with Crippen LogP contribution in [0.2, 0.25) is 0 Å². The summed E-state index contributed by atoms with van der Waals surface area (Å²) in [6.07, 6.45) is 0. The fraction of sp³-hybridized carbons (Fsp3) is 0.300. The maximum Gasteiger partial charge on any atom is 0.338 e. The molecule has 2 rings (SSSR count). The second-order valence-corrected chi connectivity index (χ2v) is 6.18. The lowest BCUT2D eigenvalue weighted by Gasteiger charge is -2.19. The number of carbonyl (C=O) groups is 1. The average Bonchev–Trinajstić information content (AvgIpc) is 2.66. The second-order valence-electron chi connectivity index (χ2n) is 5.77. The molecule has 150 valence electrons. The van der Waals surface area contributed by atoms with Crippen LogP contribution in [-0.2, 0) is 4.74 Å². The van der Waals surface area contributed by atoms with Gasteiger partial charge in [-0.25, -0.2) is 9.18 Å². The summed E-state index contributed by atoms with van der Waals surface area (Å²) in [7, 11) is 1.29. The molecule has 0 spiro atoms. The Labute approximate surface area is 169 Å². The number of halogens is 1. The van der Waals surface area contributed by atoms with Gasteiger partial charge in [-0.2, -0.15) is 0 Å². The van der Waals surface area contributed by atoms with Crippen molar-refractivity contribution in [2.45, 2.75) is 20.8 Å². The van der Waals surface area contributed by atoms with E-state index in [1.165, 1.54) is 13.2 Å². The number of carbonyl (C=O) groups excluding carboxylic acids is 1. The Morgan fingerprint density at radius 1 is 1.07 bits per heavy atom. The van der Waals surface area contributed by atoms with Crippen LogP contribution in [0.3, 0.4) is 0 Å². The van der Waals surface area contributed by atoms with Gasteiger partial charge in [-0.3, -0.25) is 0 Å². The number of methoxy groups -OCH3 is 1. The number of anilines is 2. The summed E-state index contributed by atoms with van der Waals surface area (Å²) in [5, 5.41) is 5.90. The van der Waals surface area contributed by atoms with Crippen LogP contribution in [0.4, 0.5) is 15.8 Å². The van der Waals surface area contributed by atoms with Crippen molar-refractivity contribution in [1.82, 2.24) is 0 Å². The van der Waals surface area contributed by atoms with Crippen molar-refractivity contribution in [2.75, 3.05) is 31.0 Å². The predicted molar refractivity (Wildman–Crippen MR) is 111 cm³/mol. The molecule has 0 heterocycles. The van der Waals surface area contributed by atoms with Crippen LogP contribution in [0, 0.1) is 12.7 Å². The lowest BCUT2D eigenvalue weighted by atomic mass is 10.1. The van der Waals surface area contributed by atoms with E-state index in [2.05, 4.69) is 10.6 Å². The zero-order valence-electron chi connectivity index (χ0n) is 16.2. The fourth-order valence-electron chi connectivity index (χ4n) is 2.50. The highest BCUT2D eigenvalue weighted by atomic mass is 32.1. The van der Waals surface area contributed by atoms with Crippen molar-refractivity contribution in [2.24, 2.45) is 0 Å². The van der Waals surface area contributed by atoms with Gasteiger partial charge in [0.25, 0.3) is 0 Å². The zero-order valence-corrected chi connectivity index (χ0v) is 17.0. The highest BCUT2D eigenvalue weighted by Gasteiger charge is 2.18. The van der Waals surface area contributed by atoms with Crippen molar-refractivity contribution in [3.63, 3.8) is 0 Å². The van der Waals surface area contributed by atoms with Crippen LogP contribution in [0.1, 0.15) is 29.8 Å². The molecular weight excluding hydrogens is 383 g/mol. The number of nitrogens with one attached hydrogen (secondary N) is 2. The molecule has 0 aliphatic heterocycles. The Hall–Kier alpha value is -2.87. The molecule has 0 aromatic heterocycles. The molecule has 0 fully saturated rings. The van der Waals surface area contributed by atoms with Gasteiger partial charge in [0.2, 0.25) is 0 Å². The molecule has 8 heteroatoms. The molecule has 6 nitrogen and oxygen atoms in total. The summed E-state index contributed by atoms with van der Waals surface area (Å²) in [5.74, 6) is -0.195. The number of rotatable bonds is 7. The summed E-state index contributed by atoms with van der Waals surface area (Å²) in [6, 6.07) is 7.75. The van der Waals surface area contributed by atoms with Crippen molar-refractivity contribution in [3.8, 4) is 11.5 Å². The third-order valence-electron chi connectivity index (χ3n) is 3.68. The van der Waals surface area contributed by atoms with Crippen LogP contribution in [0.15, 0.2) is 30.3 Å². The van der Waals surface area contributed by atoms with Gasteiger partial charge in [-0.1, -0.05) is 6.07 Å².